The topological polar surface area (TPSA) is 29.3 Å². The molecular weight excluding hydrogens is 198 g/mol. The van der Waals surface area contributed by atoms with E-state index in [1.807, 2.05) is 6.92 Å². The number of rotatable bonds is 5. The van der Waals surface area contributed by atoms with Crippen LogP contribution in [-0.2, 0) is 6.54 Å². The fourth-order valence-corrected chi connectivity index (χ4v) is 1.43. The summed E-state index contributed by atoms with van der Waals surface area (Å²) in [5.74, 6) is -1.60. The van der Waals surface area contributed by atoms with Gasteiger partial charge in [-0.3, -0.25) is 4.90 Å². The first-order valence-corrected chi connectivity index (χ1v) is 5.03. The van der Waals surface area contributed by atoms with Gasteiger partial charge in [-0.05, 0) is 24.2 Å². The van der Waals surface area contributed by atoms with Crippen LogP contribution in [0.15, 0.2) is 18.2 Å². The lowest BCUT2D eigenvalue weighted by molar-refractivity contribution is 0.287. The lowest BCUT2D eigenvalue weighted by Gasteiger charge is -2.19. The average Bonchev–Trinajstić information content (AvgIpc) is 2.23. The molecule has 0 atom stereocenters. The third-order valence-corrected chi connectivity index (χ3v) is 2.28. The Morgan fingerprint density at radius 1 is 1.27 bits per heavy atom. The largest absolute Gasteiger partial charge is 0.329 e. The normalized spacial score (nSPS) is 11.0. The van der Waals surface area contributed by atoms with Crippen molar-refractivity contribution in [2.24, 2.45) is 5.73 Å². The van der Waals surface area contributed by atoms with E-state index in [-0.39, 0.29) is 0 Å². The maximum Gasteiger partial charge on any atom is 0.159 e. The maximum atomic E-state index is 12.9. The second kappa shape index (κ2) is 5.78. The van der Waals surface area contributed by atoms with Crippen LogP contribution in [0.5, 0.6) is 0 Å². The van der Waals surface area contributed by atoms with Gasteiger partial charge in [0.15, 0.2) is 11.6 Å². The van der Waals surface area contributed by atoms with Crippen LogP contribution in [0.2, 0.25) is 0 Å². The molecule has 0 aromatic heterocycles. The first kappa shape index (κ1) is 12.1. The maximum absolute atomic E-state index is 12.9. The Balaban J connectivity index is 2.66. The van der Waals surface area contributed by atoms with Crippen molar-refractivity contribution in [3.8, 4) is 0 Å². The molecule has 0 aliphatic heterocycles. The Morgan fingerprint density at radius 3 is 2.53 bits per heavy atom. The highest BCUT2D eigenvalue weighted by molar-refractivity contribution is 5.17. The molecule has 0 saturated carbocycles. The van der Waals surface area contributed by atoms with Crippen LogP contribution in [0, 0.1) is 11.6 Å². The Morgan fingerprint density at radius 2 is 2.00 bits per heavy atom. The molecule has 0 fully saturated rings. The van der Waals surface area contributed by atoms with Crippen molar-refractivity contribution in [2.45, 2.75) is 13.5 Å². The highest BCUT2D eigenvalue weighted by atomic mass is 19.2. The molecule has 0 amide bonds. The Bertz CT molecular complexity index is 315. The lowest BCUT2D eigenvalue weighted by Crippen LogP contribution is -2.28. The number of likely N-dealkylation sites (N-methyl/N-ethyl adjacent to an activating group) is 1. The summed E-state index contributed by atoms with van der Waals surface area (Å²) in [7, 11) is 0. The number of hydrogen-bond donors (Lipinski definition) is 1. The highest BCUT2D eigenvalue weighted by Crippen LogP contribution is 2.10. The molecule has 0 unspecified atom stereocenters. The fourth-order valence-electron chi connectivity index (χ4n) is 1.43. The Kier molecular flexibility index (Phi) is 4.65. The summed E-state index contributed by atoms with van der Waals surface area (Å²) >= 11 is 0. The third-order valence-electron chi connectivity index (χ3n) is 2.28. The second-order valence-corrected chi connectivity index (χ2v) is 3.41. The van der Waals surface area contributed by atoms with E-state index in [0.29, 0.717) is 13.1 Å². The first-order valence-electron chi connectivity index (χ1n) is 5.03. The number of hydrogen-bond acceptors (Lipinski definition) is 2. The molecule has 0 aliphatic rings. The van der Waals surface area contributed by atoms with Crippen molar-refractivity contribution in [3.63, 3.8) is 0 Å². The van der Waals surface area contributed by atoms with Gasteiger partial charge in [-0.15, -0.1) is 0 Å². The number of nitrogens with two attached hydrogens (primary N) is 1. The van der Waals surface area contributed by atoms with Gasteiger partial charge in [-0.1, -0.05) is 13.0 Å². The molecule has 1 rings (SSSR count). The van der Waals surface area contributed by atoms with Crippen LogP contribution >= 0.6 is 0 Å². The summed E-state index contributed by atoms with van der Waals surface area (Å²) in [5.41, 5.74) is 6.20. The molecule has 2 N–H and O–H groups in total. The molecule has 0 spiro atoms. The Labute approximate surface area is 88.7 Å². The van der Waals surface area contributed by atoms with Crippen LogP contribution in [-0.4, -0.2) is 24.5 Å². The van der Waals surface area contributed by atoms with E-state index in [1.165, 1.54) is 6.07 Å². The van der Waals surface area contributed by atoms with Crippen molar-refractivity contribution >= 4 is 0 Å². The molecule has 4 heteroatoms. The van der Waals surface area contributed by atoms with Gasteiger partial charge in [0.05, 0.1) is 0 Å². The number of nitrogens with zero attached hydrogens (tertiary/aromatic N) is 1. The minimum Gasteiger partial charge on any atom is -0.329 e. The van der Waals surface area contributed by atoms with Crippen LogP contribution < -0.4 is 5.73 Å². The van der Waals surface area contributed by atoms with Crippen LogP contribution in [0.1, 0.15) is 12.5 Å². The molecule has 84 valence electrons. The van der Waals surface area contributed by atoms with Gasteiger partial charge in [-0.25, -0.2) is 8.78 Å². The van der Waals surface area contributed by atoms with Gasteiger partial charge in [0.2, 0.25) is 0 Å². The van der Waals surface area contributed by atoms with Gasteiger partial charge < -0.3 is 5.73 Å². The van der Waals surface area contributed by atoms with Crippen molar-refractivity contribution in [1.29, 1.82) is 0 Å². The van der Waals surface area contributed by atoms with Crippen molar-refractivity contribution in [3.05, 3.63) is 35.4 Å². The lowest BCUT2D eigenvalue weighted by atomic mass is 10.2. The molecule has 0 radical (unpaired) electrons. The molecule has 1 aromatic carbocycles. The summed E-state index contributed by atoms with van der Waals surface area (Å²) in [6, 6.07) is 3.98. The zero-order valence-corrected chi connectivity index (χ0v) is 8.84. The molecule has 0 saturated heterocycles. The molecule has 1 aromatic rings. The predicted octanol–water partition coefficient (Wildman–Crippen LogP) is 1.75. The van der Waals surface area contributed by atoms with Gasteiger partial charge in [0.1, 0.15) is 0 Å². The van der Waals surface area contributed by atoms with Crippen molar-refractivity contribution in [2.75, 3.05) is 19.6 Å². The van der Waals surface area contributed by atoms with E-state index in [1.54, 1.807) is 6.07 Å². The van der Waals surface area contributed by atoms with E-state index in [4.69, 9.17) is 5.73 Å². The molecule has 0 aliphatic carbocycles. The SMILES string of the molecule is CCN(CCN)Cc1ccc(F)c(F)c1. The van der Waals surface area contributed by atoms with E-state index in [0.717, 1.165) is 24.7 Å². The summed E-state index contributed by atoms with van der Waals surface area (Å²) < 4.78 is 25.6. The fraction of sp³-hybridized carbons (Fsp3) is 0.455. The smallest absolute Gasteiger partial charge is 0.159 e. The second-order valence-electron chi connectivity index (χ2n) is 3.41. The van der Waals surface area contributed by atoms with E-state index < -0.39 is 11.6 Å². The van der Waals surface area contributed by atoms with Crippen LogP contribution in [0.4, 0.5) is 8.78 Å². The quantitative estimate of drug-likeness (QED) is 0.809. The monoisotopic (exact) mass is 214 g/mol. The standard InChI is InChI=1S/C11H16F2N2/c1-2-15(6-5-14)8-9-3-4-10(12)11(13)7-9/h3-4,7H,2,5-6,8,14H2,1H3. The molecular formula is C11H16F2N2. The van der Waals surface area contributed by atoms with Crippen molar-refractivity contribution in [1.82, 2.24) is 4.90 Å². The minimum absolute atomic E-state index is 0.567. The first-order chi connectivity index (χ1) is 7.17. The molecule has 15 heavy (non-hydrogen) atoms. The van der Waals surface area contributed by atoms with E-state index in [2.05, 4.69) is 4.90 Å². The van der Waals surface area contributed by atoms with E-state index in [9.17, 15) is 8.78 Å². The minimum atomic E-state index is -0.805. The number of benzene rings is 1. The summed E-state index contributed by atoms with van der Waals surface area (Å²) in [6.45, 7) is 4.78. The van der Waals surface area contributed by atoms with Gasteiger partial charge >= 0.3 is 0 Å². The van der Waals surface area contributed by atoms with Crippen LogP contribution in [0.3, 0.4) is 0 Å². The highest BCUT2D eigenvalue weighted by Gasteiger charge is 2.06. The predicted molar refractivity (Wildman–Crippen MR) is 56.4 cm³/mol. The summed E-state index contributed by atoms with van der Waals surface area (Å²) in [6.07, 6.45) is 0. The average molecular weight is 214 g/mol. The molecule has 0 bridgehead atoms. The van der Waals surface area contributed by atoms with Crippen molar-refractivity contribution < 1.29 is 8.78 Å². The van der Waals surface area contributed by atoms with Crippen LogP contribution in [0.25, 0.3) is 0 Å². The summed E-state index contributed by atoms with van der Waals surface area (Å²) in [5, 5.41) is 0. The van der Waals surface area contributed by atoms with Gasteiger partial charge in [0, 0.05) is 19.6 Å². The zero-order chi connectivity index (χ0) is 11.3. The van der Waals surface area contributed by atoms with Gasteiger partial charge in [-0.2, -0.15) is 0 Å². The van der Waals surface area contributed by atoms with E-state index >= 15 is 0 Å². The summed E-state index contributed by atoms with van der Waals surface area (Å²) in [4.78, 5) is 2.08. The zero-order valence-electron chi connectivity index (χ0n) is 8.84. The Hall–Kier alpha value is -1.00. The van der Waals surface area contributed by atoms with Gasteiger partial charge in [0.25, 0.3) is 0 Å². The molecule has 2 nitrogen and oxygen atoms in total. The number of halogens is 2. The third kappa shape index (κ3) is 3.57. The molecule has 0 heterocycles.